The second-order valence-corrected chi connectivity index (χ2v) is 4.29. The lowest BCUT2D eigenvalue weighted by Gasteiger charge is -2.16. The molecule has 0 aliphatic carbocycles. The van der Waals surface area contributed by atoms with E-state index in [0.717, 1.165) is 0 Å². The van der Waals surface area contributed by atoms with Crippen LogP contribution >= 0.6 is 0 Å². The van der Waals surface area contributed by atoms with Crippen molar-refractivity contribution in [2.75, 3.05) is 25.5 Å². The second kappa shape index (κ2) is 6.55. The molecule has 8 heteroatoms. The number of aryl methyl sites for hydroxylation is 1. The summed E-state index contributed by atoms with van der Waals surface area (Å²) < 4.78 is 40.7. The third-order valence-corrected chi connectivity index (χ3v) is 2.39. The van der Waals surface area contributed by atoms with Gasteiger partial charge in [-0.1, -0.05) is 5.16 Å². The van der Waals surface area contributed by atoms with Crippen LogP contribution in [-0.2, 0) is 4.79 Å². The number of anilines is 1. The Labute approximate surface area is 108 Å². The number of nitrogens with one attached hydrogen (secondary N) is 1. The van der Waals surface area contributed by atoms with Crippen molar-refractivity contribution in [2.45, 2.75) is 25.9 Å². The highest BCUT2D eigenvalue weighted by Crippen LogP contribution is 2.19. The van der Waals surface area contributed by atoms with Gasteiger partial charge in [0.2, 0.25) is 5.91 Å². The van der Waals surface area contributed by atoms with Crippen molar-refractivity contribution in [3.63, 3.8) is 0 Å². The van der Waals surface area contributed by atoms with Gasteiger partial charge in [0.05, 0.1) is 6.42 Å². The summed E-state index contributed by atoms with van der Waals surface area (Å²) in [4.78, 5) is 12.9. The lowest BCUT2D eigenvalue weighted by Crippen LogP contribution is -2.28. The molecule has 0 saturated heterocycles. The fourth-order valence-electron chi connectivity index (χ4n) is 1.35. The number of alkyl halides is 3. The molecule has 0 unspecified atom stereocenters. The van der Waals surface area contributed by atoms with E-state index < -0.39 is 12.6 Å². The van der Waals surface area contributed by atoms with E-state index in [4.69, 9.17) is 4.52 Å². The van der Waals surface area contributed by atoms with Crippen LogP contribution in [0.5, 0.6) is 0 Å². The topological polar surface area (TPSA) is 58.4 Å². The Morgan fingerprint density at radius 1 is 1.47 bits per heavy atom. The second-order valence-electron chi connectivity index (χ2n) is 4.29. The Balaban J connectivity index is 2.22. The van der Waals surface area contributed by atoms with Crippen LogP contribution in [0.3, 0.4) is 0 Å². The van der Waals surface area contributed by atoms with Crippen LogP contribution in [0.1, 0.15) is 18.6 Å². The van der Waals surface area contributed by atoms with Crippen LogP contribution in [0, 0.1) is 6.92 Å². The van der Waals surface area contributed by atoms with Crippen LogP contribution in [-0.4, -0.2) is 42.3 Å². The van der Waals surface area contributed by atoms with E-state index in [9.17, 15) is 18.0 Å². The Hall–Kier alpha value is -1.57. The predicted octanol–water partition coefficient (Wildman–Crippen LogP) is 2.20. The van der Waals surface area contributed by atoms with Crippen LogP contribution in [0.25, 0.3) is 0 Å². The van der Waals surface area contributed by atoms with Gasteiger partial charge < -0.3 is 14.7 Å². The third-order valence-electron chi connectivity index (χ3n) is 2.39. The zero-order valence-electron chi connectivity index (χ0n) is 10.8. The highest BCUT2D eigenvalue weighted by atomic mass is 19.4. The molecule has 0 aliphatic heterocycles. The Morgan fingerprint density at radius 2 is 2.16 bits per heavy atom. The van der Waals surface area contributed by atoms with Gasteiger partial charge in [0.25, 0.3) is 0 Å². The maximum Gasteiger partial charge on any atom is 0.390 e. The quantitative estimate of drug-likeness (QED) is 0.867. The van der Waals surface area contributed by atoms with E-state index in [1.165, 1.54) is 4.90 Å². The van der Waals surface area contributed by atoms with E-state index >= 15 is 0 Å². The minimum Gasteiger partial charge on any atom is -0.360 e. The lowest BCUT2D eigenvalue weighted by atomic mass is 10.3. The van der Waals surface area contributed by atoms with Crippen LogP contribution in [0.15, 0.2) is 10.6 Å². The molecule has 1 N–H and O–H groups in total. The van der Waals surface area contributed by atoms with Crippen LogP contribution in [0.2, 0.25) is 0 Å². The van der Waals surface area contributed by atoms with E-state index in [1.54, 1.807) is 20.0 Å². The zero-order valence-corrected chi connectivity index (χ0v) is 10.8. The van der Waals surface area contributed by atoms with Crippen molar-refractivity contribution in [1.82, 2.24) is 10.1 Å². The molecule has 0 saturated carbocycles. The molecule has 1 amide bonds. The molecule has 1 rings (SSSR count). The molecule has 1 aromatic heterocycles. The van der Waals surface area contributed by atoms with Gasteiger partial charge in [-0.3, -0.25) is 4.79 Å². The minimum atomic E-state index is -4.17. The SMILES string of the molecule is Cc1cc(NC(=O)CCN(C)CCC(F)(F)F)no1. The lowest BCUT2D eigenvalue weighted by molar-refractivity contribution is -0.137. The van der Waals surface area contributed by atoms with Crippen LogP contribution < -0.4 is 5.32 Å². The summed E-state index contributed by atoms with van der Waals surface area (Å²) in [7, 11) is 1.54. The predicted molar refractivity (Wildman–Crippen MR) is 62.7 cm³/mol. The first-order valence-corrected chi connectivity index (χ1v) is 5.75. The number of halogens is 3. The highest BCUT2D eigenvalue weighted by molar-refractivity contribution is 5.89. The van der Waals surface area contributed by atoms with Crippen molar-refractivity contribution < 1.29 is 22.5 Å². The Bertz CT molecular complexity index is 418. The molecule has 1 aromatic rings. The Morgan fingerprint density at radius 3 is 2.68 bits per heavy atom. The molecule has 0 spiro atoms. The van der Waals surface area contributed by atoms with Gasteiger partial charge in [-0.25, -0.2) is 0 Å². The minimum absolute atomic E-state index is 0.0975. The maximum absolute atomic E-state index is 12.0. The molecule has 0 atom stereocenters. The molecule has 0 radical (unpaired) electrons. The highest BCUT2D eigenvalue weighted by Gasteiger charge is 2.27. The van der Waals surface area contributed by atoms with Gasteiger partial charge in [0.15, 0.2) is 5.82 Å². The molecule has 0 aliphatic rings. The first kappa shape index (κ1) is 15.5. The van der Waals surface area contributed by atoms with E-state index in [-0.39, 0.29) is 25.4 Å². The number of carbonyl (C=O) groups excluding carboxylic acids is 1. The molecular formula is C11H16F3N3O2. The molecule has 0 aromatic carbocycles. The number of amides is 1. The first-order chi connectivity index (χ1) is 8.76. The summed E-state index contributed by atoms with van der Waals surface area (Å²) in [5.74, 6) is 0.560. The van der Waals surface area contributed by atoms with Gasteiger partial charge in [0, 0.05) is 25.6 Å². The molecule has 19 heavy (non-hydrogen) atoms. The van der Waals surface area contributed by atoms with Crippen molar-refractivity contribution in [3.8, 4) is 0 Å². The summed E-state index contributed by atoms with van der Waals surface area (Å²) in [6, 6.07) is 1.56. The molecule has 1 heterocycles. The number of nitrogens with zero attached hydrogens (tertiary/aromatic N) is 2. The fourth-order valence-corrected chi connectivity index (χ4v) is 1.35. The van der Waals surface area contributed by atoms with Crippen molar-refractivity contribution >= 4 is 11.7 Å². The standard InChI is InChI=1S/C11H16F3N3O2/c1-8-7-9(16-19-8)15-10(18)3-5-17(2)6-4-11(12,13)14/h7H,3-6H2,1-2H3,(H,15,16,18). The molecule has 0 fully saturated rings. The van der Waals surface area contributed by atoms with Gasteiger partial charge in [-0.15, -0.1) is 0 Å². The number of hydrogen-bond donors (Lipinski definition) is 1. The Kier molecular flexibility index (Phi) is 5.34. The number of hydrogen-bond acceptors (Lipinski definition) is 4. The average Bonchev–Trinajstić information content (AvgIpc) is 2.68. The average molecular weight is 279 g/mol. The zero-order chi connectivity index (χ0) is 14.5. The largest absolute Gasteiger partial charge is 0.390 e. The van der Waals surface area contributed by atoms with Gasteiger partial charge in [-0.05, 0) is 14.0 Å². The van der Waals surface area contributed by atoms with Gasteiger partial charge >= 0.3 is 6.18 Å². The number of carbonyl (C=O) groups is 1. The molecule has 0 bridgehead atoms. The van der Waals surface area contributed by atoms with Crippen LogP contribution in [0.4, 0.5) is 19.0 Å². The van der Waals surface area contributed by atoms with E-state index in [0.29, 0.717) is 11.6 Å². The number of rotatable bonds is 6. The van der Waals surface area contributed by atoms with Gasteiger partial charge in [-0.2, -0.15) is 13.2 Å². The van der Waals surface area contributed by atoms with E-state index in [1.807, 2.05) is 0 Å². The van der Waals surface area contributed by atoms with Crippen molar-refractivity contribution in [3.05, 3.63) is 11.8 Å². The van der Waals surface area contributed by atoms with Gasteiger partial charge in [0.1, 0.15) is 5.76 Å². The summed E-state index contributed by atoms with van der Waals surface area (Å²) in [5, 5.41) is 6.08. The first-order valence-electron chi connectivity index (χ1n) is 5.75. The maximum atomic E-state index is 12.0. The monoisotopic (exact) mass is 279 g/mol. The number of aromatic nitrogens is 1. The third kappa shape index (κ3) is 6.80. The normalized spacial score (nSPS) is 11.9. The van der Waals surface area contributed by atoms with E-state index in [2.05, 4.69) is 10.5 Å². The molecule has 5 nitrogen and oxygen atoms in total. The molecule has 108 valence electrons. The molecular weight excluding hydrogens is 263 g/mol. The summed E-state index contributed by atoms with van der Waals surface area (Å²) in [6.07, 6.45) is -4.96. The van der Waals surface area contributed by atoms with Crippen molar-refractivity contribution in [1.29, 1.82) is 0 Å². The summed E-state index contributed by atoms with van der Waals surface area (Å²) in [6.45, 7) is 1.81. The summed E-state index contributed by atoms with van der Waals surface area (Å²) >= 11 is 0. The van der Waals surface area contributed by atoms with Crippen molar-refractivity contribution in [2.24, 2.45) is 0 Å². The fraction of sp³-hybridized carbons (Fsp3) is 0.636. The smallest absolute Gasteiger partial charge is 0.360 e. The summed E-state index contributed by atoms with van der Waals surface area (Å²) in [5.41, 5.74) is 0.